The van der Waals surface area contributed by atoms with Gasteiger partial charge in [0.15, 0.2) is 0 Å². The van der Waals surface area contributed by atoms with E-state index in [9.17, 15) is 8.42 Å². The number of sulfonamides is 1. The molecule has 0 unspecified atom stereocenters. The Morgan fingerprint density at radius 2 is 1.75 bits per heavy atom. The lowest BCUT2D eigenvalue weighted by Gasteiger charge is -2.11. The molecule has 0 atom stereocenters. The first kappa shape index (κ1) is 15.3. The van der Waals surface area contributed by atoms with Crippen LogP contribution in [0, 0.1) is 0 Å². The monoisotopic (exact) mass is 419 g/mol. The highest BCUT2D eigenvalue weighted by atomic mass is 79.9. The first-order valence-corrected chi connectivity index (χ1v) is 8.61. The molecule has 0 bridgehead atoms. The summed E-state index contributed by atoms with van der Waals surface area (Å²) in [5, 5.41) is 2.83. The van der Waals surface area contributed by atoms with E-state index in [0.29, 0.717) is 20.5 Å². The van der Waals surface area contributed by atoms with Gasteiger partial charge in [-0.05, 0) is 56.1 Å². The SMILES string of the molecule is CNc1ccc(S(=O)(=O)Nc2c(Br)cccc2Br)cn1. The van der Waals surface area contributed by atoms with Crippen molar-refractivity contribution < 1.29 is 8.42 Å². The van der Waals surface area contributed by atoms with Gasteiger partial charge in [-0.15, -0.1) is 0 Å². The second-order valence-electron chi connectivity index (χ2n) is 3.83. The van der Waals surface area contributed by atoms with E-state index in [1.165, 1.54) is 12.3 Å². The molecule has 0 aliphatic carbocycles. The topological polar surface area (TPSA) is 71.1 Å². The molecule has 1 aromatic heterocycles. The van der Waals surface area contributed by atoms with Crippen LogP contribution in [0.3, 0.4) is 0 Å². The van der Waals surface area contributed by atoms with E-state index in [4.69, 9.17) is 0 Å². The number of para-hydroxylation sites is 1. The number of benzene rings is 1. The highest BCUT2D eigenvalue weighted by molar-refractivity contribution is 9.11. The molecule has 106 valence electrons. The Labute approximate surface area is 134 Å². The smallest absolute Gasteiger partial charge is 0.263 e. The molecule has 0 saturated carbocycles. The zero-order valence-corrected chi connectivity index (χ0v) is 14.4. The molecular formula is C12H11Br2N3O2S. The van der Waals surface area contributed by atoms with E-state index in [1.54, 1.807) is 31.3 Å². The Morgan fingerprint density at radius 3 is 2.25 bits per heavy atom. The van der Waals surface area contributed by atoms with Crippen molar-refractivity contribution in [3.05, 3.63) is 45.5 Å². The molecule has 0 fully saturated rings. The minimum Gasteiger partial charge on any atom is -0.373 e. The standard InChI is InChI=1S/C12H11Br2N3O2S/c1-15-11-6-5-8(7-16-11)20(18,19)17-12-9(13)3-2-4-10(12)14/h2-7,17H,1H3,(H,15,16). The molecule has 20 heavy (non-hydrogen) atoms. The van der Waals surface area contributed by atoms with Crippen LogP contribution in [0.25, 0.3) is 0 Å². The summed E-state index contributed by atoms with van der Waals surface area (Å²) in [4.78, 5) is 4.09. The summed E-state index contributed by atoms with van der Waals surface area (Å²) in [7, 11) is -1.97. The number of hydrogen-bond acceptors (Lipinski definition) is 4. The average Bonchev–Trinajstić information content (AvgIpc) is 2.43. The minimum absolute atomic E-state index is 0.0964. The molecule has 8 heteroatoms. The number of pyridine rings is 1. The third-order valence-corrected chi connectivity index (χ3v) is 5.16. The number of anilines is 2. The quantitative estimate of drug-likeness (QED) is 0.794. The maximum atomic E-state index is 12.3. The van der Waals surface area contributed by atoms with Gasteiger partial charge in [0.2, 0.25) is 0 Å². The number of rotatable bonds is 4. The van der Waals surface area contributed by atoms with Crippen LogP contribution in [0.2, 0.25) is 0 Å². The van der Waals surface area contributed by atoms with Crippen LogP contribution in [0.1, 0.15) is 0 Å². The third-order valence-electron chi connectivity index (χ3n) is 2.50. The zero-order valence-electron chi connectivity index (χ0n) is 10.4. The number of aromatic nitrogens is 1. The molecular weight excluding hydrogens is 410 g/mol. The highest BCUT2D eigenvalue weighted by Gasteiger charge is 2.17. The van der Waals surface area contributed by atoms with Crippen molar-refractivity contribution in [2.24, 2.45) is 0 Å². The normalized spacial score (nSPS) is 11.2. The zero-order chi connectivity index (χ0) is 14.8. The maximum Gasteiger partial charge on any atom is 0.263 e. The Hall–Kier alpha value is -1.12. The van der Waals surface area contributed by atoms with E-state index < -0.39 is 10.0 Å². The van der Waals surface area contributed by atoms with Crippen molar-refractivity contribution in [1.82, 2.24) is 4.98 Å². The molecule has 0 amide bonds. The van der Waals surface area contributed by atoms with Gasteiger partial charge in [0, 0.05) is 22.2 Å². The Kier molecular flexibility index (Phi) is 4.66. The summed E-state index contributed by atoms with van der Waals surface area (Å²) < 4.78 is 28.4. The van der Waals surface area contributed by atoms with Crippen molar-refractivity contribution in [2.45, 2.75) is 4.90 Å². The summed E-state index contributed by atoms with van der Waals surface area (Å²) in [5.74, 6) is 0.603. The highest BCUT2D eigenvalue weighted by Crippen LogP contribution is 2.32. The molecule has 2 aromatic rings. The van der Waals surface area contributed by atoms with E-state index in [0.717, 1.165) is 0 Å². The lowest BCUT2D eigenvalue weighted by Crippen LogP contribution is -2.14. The van der Waals surface area contributed by atoms with E-state index in [-0.39, 0.29) is 4.90 Å². The second kappa shape index (κ2) is 6.11. The first-order chi connectivity index (χ1) is 9.44. The van der Waals surface area contributed by atoms with Crippen LogP contribution < -0.4 is 10.0 Å². The molecule has 0 aliphatic heterocycles. The van der Waals surface area contributed by atoms with Gasteiger partial charge in [-0.3, -0.25) is 4.72 Å². The molecule has 2 rings (SSSR count). The summed E-state index contributed by atoms with van der Waals surface area (Å²) in [6, 6.07) is 8.40. The predicted octanol–water partition coefficient (Wildman–Crippen LogP) is 3.45. The average molecular weight is 421 g/mol. The van der Waals surface area contributed by atoms with Crippen LogP contribution in [-0.2, 0) is 10.0 Å². The summed E-state index contributed by atoms with van der Waals surface area (Å²) >= 11 is 6.63. The van der Waals surface area contributed by atoms with Gasteiger partial charge in [0.25, 0.3) is 10.0 Å². The van der Waals surface area contributed by atoms with Gasteiger partial charge >= 0.3 is 0 Å². The fraction of sp³-hybridized carbons (Fsp3) is 0.0833. The van der Waals surface area contributed by atoms with E-state index in [2.05, 4.69) is 46.9 Å². The molecule has 1 aromatic carbocycles. The molecule has 0 spiro atoms. The molecule has 0 saturated heterocycles. The Bertz CT molecular complexity index is 698. The van der Waals surface area contributed by atoms with Crippen LogP contribution in [-0.4, -0.2) is 20.4 Å². The lowest BCUT2D eigenvalue weighted by molar-refractivity contribution is 0.601. The summed E-state index contributed by atoms with van der Waals surface area (Å²) in [6.45, 7) is 0. The second-order valence-corrected chi connectivity index (χ2v) is 7.22. The third kappa shape index (κ3) is 3.31. The van der Waals surface area contributed by atoms with Crippen molar-refractivity contribution in [2.75, 3.05) is 17.1 Å². The molecule has 5 nitrogen and oxygen atoms in total. The van der Waals surface area contributed by atoms with Crippen molar-refractivity contribution >= 4 is 53.4 Å². The number of hydrogen-bond donors (Lipinski definition) is 2. The van der Waals surface area contributed by atoms with E-state index in [1.807, 2.05) is 0 Å². The fourth-order valence-electron chi connectivity index (χ4n) is 1.48. The largest absolute Gasteiger partial charge is 0.373 e. The Morgan fingerprint density at radius 1 is 1.10 bits per heavy atom. The van der Waals surface area contributed by atoms with Crippen molar-refractivity contribution in [1.29, 1.82) is 0 Å². The van der Waals surface area contributed by atoms with Gasteiger partial charge in [-0.25, -0.2) is 13.4 Å². The van der Waals surface area contributed by atoms with Crippen molar-refractivity contribution in [3.63, 3.8) is 0 Å². The summed E-state index contributed by atoms with van der Waals surface area (Å²) in [5.41, 5.74) is 0.449. The van der Waals surface area contributed by atoms with Crippen LogP contribution in [0.4, 0.5) is 11.5 Å². The fourth-order valence-corrected chi connectivity index (χ4v) is 3.98. The van der Waals surface area contributed by atoms with Gasteiger partial charge in [-0.2, -0.15) is 0 Å². The number of nitrogens with one attached hydrogen (secondary N) is 2. The van der Waals surface area contributed by atoms with Gasteiger partial charge < -0.3 is 5.32 Å². The predicted molar refractivity (Wildman–Crippen MR) is 86.4 cm³/mol. The number of halogens is 2. The molecule has 0 radical (unpaired) electrons. The van der Waals surface area contributed by atoms with E-state index >= 15 is 0 Å². The molecule has 1 heterocycles. The van der Waals surface area contributed by atoms with Crippen LogP contribution in [0.15, 0.2) is 50.4 Å². The van der Waals surface area contributed by atoms with Crippen LogP contribution in [0.5, 0.6) is 0 Å². The van der Waals surface area contributed by atoms with Crippen molar-refractivity contribution in [3.8, 4) is 0 Å². The minimum atomic E-state index is -3.68. The first-order valence-electron chi connectivity index (χ1n) is 5.54. The molecule has 2 N–H and O–H groups in total. The lowest BCUT2D eigenvalue weighted by atomic mass is 10.3. The van der Waals surface area contributed by atoms with Crippen LogP contribution >= 0.6 is 31.9 Å². The van der Waals surface area contributed by atoms with Gasteiger partial charge in [0.05, 0.1) is 5.69 Å². The summed E-state index contributed by atoms with van der Waals surface area (Å²) in [6.07, 6.45) is 1.30. The maximum absolute atomic E-state index is 12.3. The Balaban J connectivity index is 2.35. The molecule has 0 aliphatic rings. The van der Waals surface area contributed by atoms with Gasteiger partial charge in [-0.1, -0.05) is 6.07 Å². The number of nitrogens with zero attached hydrogens (tertiary/aromatic N) is 1. The van der Waals surface area contributed by atoms with Gasteiger partial charge in [0.1, 0.15) is 10.7 Å².